The number of nitrogens with zero attached hydrogens (tertiary/aromatic N) is 1. The smallest absolute Gasteiger partial charge is 0.337 e. The molecule has 0 saturated carbocycles. The molecule has 0 radical (unpaired) electrons. The fourth-order valence-corrected chi connectivity index (χ4v) is 1.66. The number of carbonyl (C=O) groups is 1. The average molecular weight is 240 g/mol. The van der Waals surface area contributed by atoms with E-state index in [0.717, 1.165) is 17.9 Å². The van der Waals surface area contributed by atoms with Gasteiger partial charge in [0.15, 0.2) is 0 Å². The van der Waals surface area contributed by atoms with Crippen LogP contribution in [0.4, 0.5) is 0 Å². The van der Waals surface area contributed by atoms with Crippen LogP contribution >= 0.6 is 0 Å². The van der Waals surface area contributed by atoms with Crippen LogP contribution in [0.1, 0.15) is 28.7 Å². The van der Waals surface area contributed by atoms with Gasteiger partial charge in [-0.1, -0.05) is 0 Å². The molecule has 1 rings (SSSR count). The number of hydrogen-bond acceptors (Lipinski definition) is 3. The van der Waals surface area contributed by atoms with Crippen molar-refractivity contribution in [3.8, 4) is 0 Å². The predicted octanol–water partition coefficient (Wildman–Crippen LogP) is 1.16. The van der Waals surface area contributed by atoms with Gasteiger partial charge in [0, 0.05) is 38.1 Å². The molecule has 0 unspecified atom stereocenters. The molecule has 1 heterocycles. The molecule has 17 heavy (non-hydrogen) atoms. The van der Waals surface area contributed by atoms with Gasteiger partial charge in [0.1, 0.15) is 0 Å². The highest BCUT2D eigenvalue weighted by Crippen LogP contribution is 2.13. The summed E-state index contributed by atoms with van der Waals surface area (Å²) < 4.78 is 7.11. The maximum Gasteiger partial charge on any atom is 0.337 e. The van der Waals surface area contributed by atoms with Gasteiger partial charge in [0.2, 0.25) is 0 Å². The fourth-order valence-electron chi connectivity index (χ4n) is 1.66. The molecule has 2 N–H and O–H groups in total. The van der Waals surface area contributed by atoms with Crippen molar-refractivity contribution in [1.82, 2.24) is 9.88 Å². The van der Waals surface area contributed by atoms with Crippen LogP contribution in [0.5, 0.6) is 0 Å². The van der Waals surface area contributed by atoms with Crippen molar-refractivity contribution in [3.05, 3.63) is 23.0 Å². The third-order valence-corrected chi connectivity index (χ3v) is 2.80. The van der Waals surface area contributed by atoms with E-state index < -0.39 is 5.97 Å². The molecule has 1 aromatic rings. The van der Waals surface area contributed by atoms with Crippen LogP contribution in [0.3, 0.4) is 0 Å². The lowest BCUT2D eigenvalue weighted by Gasteiger charge is -2.07. The summed E-state index contributed by atoms with van der Waals surface area (Å²) in [6.45, 7) is 6.57. The van der Waals surface area contributed by atoms with Gasteiger partial charge in [-0.2, -0.15) is 0 Å². The minimum atomic E-state index is -0.876. The molecule has 0 aliphatic heterocycles. The Morgan fingerprint density at radius 3 is 2.82 bits per heavy atom. The molecule has 0 spiro atoms. The summed E-state index contributed by atoms with van der Waals surface area (Å²) in [4.78, 5) is 10.9. The molecule has 0 fully saturated rings. The molecule has 0 bridgehead atoms. The first kappa shape index (κ1) is 13.7. The van der Waals surface area contributed by atoms with Crippen LogP contribution in [0.15, 0.2) is 6.07 Å². The molecular weight excluding hydrogens is 220 g/mol. The van der Waals surface area contributed by atoms with Crippen LogP contribution in [0.25, 0.3) is 0 Å². The van der Waals surface area contributed by atoms with E-state index in [-0.39, 0.29) is 0 Å². The summed E-state index contributed by atoms with van der Waals surface area (Å²) in [6.07, 6.45) is 0. The monoisotopic (exact) mass is 240 g/mol. The highest BCUT2D eigenvalue weighted by Gasteiger charge is 2.13. The summed E-state index contributed by atoms with van der Waals surface area (Å²) in [5.74, 6) is -0.876. The second-order valence-electron chi connectivity index (χ2n) is 3.87. The Balaban J connectivity index is 2.54. The zero-order valence-corrected chi connectivity index (χ0v) is 10.6. The number of carboxylic acids is 1. The molecular formula is C12H20N2O3. The van der Waals surface area contributed by atoms with Gasteiger partial charge in [0.05, 0.1) is 12.2 Å². The Bertz CT molecular complexity index is 385. The standard InChI is InChI=1S/C12H20N2O3/c1-4-17-6-5-13-8-10-7-11(12(15)16)9(2)14(10)3/h7,13H,4-6,8H2,1-3H3,(H,15,16). The maximum absolute atomic E-state index is 10.9. The lowest BCUT2D eigenvalue weighted by molar-refractivity contribution is 0.0696. The normalized spacial score (nSPS) is 10.8. The SMILES string of the molecule is CCOCCNCc1cc(C(=O)O)c(C)n1C. The maximum atomic E-state index is 10.9. The van der Waals surface area contributed by atoms with Crippen LogP contribution in [-0.4, -0.2) is 35.4 Å². The summed E-state index contributed by atoms with van der Waals surface area (Å²) in [5, 5.41) is 12.2. The van der Waals surface area contributed by atoms with Crippen molar-refractivity contribution in [2.75, 3.05) is 19.8 Å². The minimum Gasteiger partial charge on any atom is -0.478 e. The van der Waals surface area contributed by atoms with Crippen LogP contribution < -0.4 is 5.32 Å². The van der Waals surface area contributed by atoms with Gasteiger partial charge < -0.3 is 19.7 Å². The summed E-state index contributed by atoms with van der Waals surface area (Å²) in [6, 6.07) is 1.71. The molecule has 0 aliphatic carbocycles. The molecule has 0 aliphatic rings. The summed E-state index contributed by atoms with van der Waals surface area (Å²) in [7, 11) is 1.88. The zero-order valence-electron chi connectivity index (χ0n) is 10.6. The molecule has 0 aromatic carbocycles. The number of hydrogen-bond donors (Lipinski definition) is 2. The lowest BCUT2D eigenvalue weighted by Crippen LogP contribution is -2.20. The molecule has 0 amide bonds. The van der Waals surface area contributed by atoms with E-state index in [1.807, 2.05) is 25.5 Å². The third kappa shape index (κ3) is 3.57. The number of carboxylic acid groups (broad SMARTS) is 1. The van der Waals surface area contributed by atoms with Crippen molar-refractivity contribution < 1.29 is 14.6 Å². The van der Waals surface area contributed by atoms with Crippen molar-refractivity contribution in [2.45, 2.75) is 20.4 Å². The predicted molar refractivity (Wildman–Crippen MR) is 65.3 cm³/mol. The first-order valence-corrected chi connectivity index (χ1v) is 5.74. The number of nitrogens with one attached hydrogen (secondary N) is 1. The first-order chi connectivity index (χ1) is 8.07. The van der Waals surface area contributed by atoms with Crippen LogP contribution in [-0.2, 0) is 18.3 Å². The quantitative estimate of drug-likeness (QED) is 0.702. The van der Waals surface area contributed by atoms with Crippen LogP contribution in [0.2, 0.25) is 0 Å². The largest absolute Gasteiger partial charge is 0.478 e. The number of aromatic nitrogens is 1. The van der Waals surface area contributed by atoms with Crippen molar-refractivity contribution in [2.24, 2.45) is 7.05 Å². The van der Waals surface area contributed by atoms with Gasteiger partial charge in [-0.3, -0.25) is 0 Å². The molecule has 96 valence electrons. The van der Waals surface area contributed by atoms with Gasteiger partial charge in [0.25, 0.3) is 0 Å². The van der Waals surface area contributed by atoms with E-state index in [1.54, 1.807) is 6.07 Å². The molecule has 1 aromatic heterocycles. The van der Waals surface area contributed by atoms with E-state index in [9.17, 15) is 4.79 Å². The molecule has 0 saturated heterocycles. The van der Waals surface area contributed by atoms with Gasteiger partial charge >= 0.3 is 5.97 Å². The fraction of sp³-hybridized carbons (Fsp3) is 0.583. The Labute approximate surface area is 101 Å². The van der Waals surface area contributed by atoms with E-state index in [1.165, 1.54) is 0 Å². The third-order valence-electron chi connectivity index (χ3n) is 2.80. The average Bonchev–Trinajstić information content (AvgIpc) is 2.57. The topological polar surface area (TPSA) is 63.5 Å². The van der Waals surface area contributed by atoms with E-state index in [0.29, 0.717) is 25.3 Å². The zero-order chi connectivity index (χ0) is 12.8. The number of rotatable bonds is 7. The Morgan fingerprint density at radius 2 is 2.29 bits per heavy atom. The number of ether oxygens (including phenoxy) is 1. The second-order valence-corrected chi connectivity index (χ2v) is 3.87. The summed E-state index contributed by atoms with van der Waals surface area (Å²) in [5.41, 5.74) is 2.12. The Kier molecular flexibility index (Phi) is 5.18. The van der Waals surface area contributed by atoms with E-state index >= 15 is 0 Å². The molecule has 5 nitrogen and oxygen atoms in total. The molecule has 5 heteroatoms. The Hall–Kier alpha value is -1.33. The van der Waals surface area contributed by atoms with E-state index in [2.05, 4.69) is 5.32 Å². The van der Waals surface area contributed by atoms with Gasteiger partial charge in [-0.25, -0.2) is 4.79 Å². The molecule has 0 atom stereocenters. The van der Waals surface area contributed by atoms with E-state index in [4.69, 9.17) is 9.84 Å². The highest BCUT2D eigenvalue weighted by atomic mass is 16.5. The highest BCUT2D eigenvalue weighted by molar-refractivity contribution is 5.89. The van der Waals surface area contributed by atoms with Gasteiger partial charge in [-0.05, 0) is 19.9 Å². The van der Waals surface area contributed by atoms with Crippen molar-refractivity contribution in [1.29, 1.82) is 0 Å². The van der Waals surface area contributed by atoms with Gasteiger partial charge in [-0.15, -0.1) is 0 Å². The van der Waals surface area contributed by atoms with Crippen LogP contribution in [0, 0.1) is 6.92 Å². The number of aromatic carboxylic acids is 1. The van der Waals surface area contributed by atoms with Crippen molar-refractivity contribution in [3.63, 3.8) is 0 Å². The summed E-state index contributed by atoms with van der Waals surface area (Å²) >= 11 is 0. The first-order valence-electron chi connectivity index (χ1n) is 5.74. The van der Waals surface area contributed by atoms with Crippen molar-refractivity contribution >= 4 is 5.97 Å². The Morgan fingerprint density at radius 1 is 1.59 bits per heavy atom. The minimum absolute atomic E-state index is 0.370. The second kappa shape index (κ2) is 6.42. The lowest BCUT2D eigenvalue weighted by atomic mass is 10.2.